The van der Waals surface area contributed by atoms with E-state index in [1.807, 2.05) is 54.6 Å². The van der Waals surface area contributed by atoms with Crippen molar-refractivity contribution in [2.45, 2.75) is 45.4 Å². The van der Waals surface area contributed by atoms with Crippen LogP contribution < -0.4 is 10.6 Å². The number of nitrogens with one attached hydrogen (secondary N) is 2. The number of hydrogen-bond acceptors (Lipinski definition) is 3. The van der Waals surface area contributed by atoms with E-state index in [1.54, 1.807) is 0 Å². The summed E-state index contributed by atoms with van der Waals surface area (Å²) in [4.78, 5) is 29.8. The summed E-state index contributed by atoms with van der Waals surface area (Å²) in [5, 5.41) is 9.48. The number of amides is 3. The number of hydroxylamine groups is 2. The predicted molar refractivity (Wildman–Crippen MR) is 127 cm³/mol. The largest absolute Gasteiger partial charge is 0.334 e. The molecule has 0 aliphatic heterocycles. The first-order chi connectivity index (χ1) is 15.7. The van der Waals surface area contributed by atoms with Gasteiger partial charge < -0.3 is 10.6 Å². The molecule has 0 radical (unpaired) electrons. The molecule has 0 spiro atoms. The molecule has 6 heteroatoms. The number of unbranched alkanes of at least 4 members (excludes halogenated alkanes) is 1. The fourth-order valence-electron chi connectivity index (χ4n) is 3.59. The molecule has 3 aromatic carbocycles. The lowest BCUT2D eigenvalue weighted by molar-refractivity contribution is -0.179. The van der Waals surface area contributed by atoms with Crippen LogP contribution >= 0.6 is 0 Å². The third-order valence-corrected chi connectivity index (χ3v) is 5.32. The topological polar surface area (TPSA) is 70.7 Å². The zero-order chi connectivity index (χ0) is 22.6. The lowest BCUT2D eigenvalue weighted by Crippen LogP contribution is -2.47. The maximum absolute atomic E-state index is 12.6. The van der Waals surface area contributed by atoms with Gasteiger partial charge in [-0.3, -0.25) is 9.63 Å². The highest BCUT2D eigenvalue weighted by molar-refractivity contribution is 5.86. The molecule has 1 unspecified atom stereocenters. The molecule has 0 saturated carbocycles. The van der Waals surface area contributed by atoms with Crippen LogP contribution in [0.1, 0.15) is 37.3 Å². The molecule has 2 N–H and O–H groups in total. The molecule has 0 aliphatic rings. The number of hydrogen-bond donors (Lipinski definition) is 2. The molecule has 3 rings (SSSR count). The summed E-state index contributed by atoms with van der Waals surface area (Å²) in [7, 11) is 0. The highest BCUT2D eigenvalue weighted by Gasteiger charge is 2.16. The number of urea groups is 1. The third kappa shape index (κ3) is 7.10. The second-order valence-corrected chi connectivity index (χ2v) is 7.77. The highest BCUT2D eigenvalue weighted by Crippen LogP contribution is 2.18. The second kappa shape index (κ2) is 12.5. The van der Waals surface area contributed by atoms with Gasteiger partial charge in [0, 0.05) is 6.54 Å². The molecule has 0 saturated heterocycles. The quantitative estimate of drug-likeness (QED) is 0.319. The van der Waals surface area contributed by atoms with Crippen LogP contribution in [0.4, 0.5) is 4.79 Å². The highest BCUT2D eigenvalue weighted by atomic mass is 16.7. The van der Waals surface area contributed by atoms with Crippen molar-refractivity contribution < 1.29 is 14.4 Å². The van der Waals surface area contributed by atoms with E-state index in [0.29, 0.717) is 19.6 Å². The van der Waals surface area contributed by atoms with Crippen LogP contribution in [0.5, 0.6) is 0 Å². The number of nitrogens with zero attached hydrogens (tertiary/aromatic N) is 1. The Morgan fingerprint density at radius 2 is 1.78 bits per heavy atom. The van der Waals surface area contributed by atoms with Crippen LogP contribution in [0.25, 0.3) is 10.8 Å². The summed E-state index contributed by atoms with van der Waals surface area (Å²) in [5.74, 6) is 0. The van der Waals surface area contributed by atoms with E-state index in [-0.39, 0.29) is 18.6 Å². The number of benzene rings is 3. The van der Waals surface area contributed by atoms with Gasteiger partial charge in [0.1, 0.15) is 6.61 Å². The molecule has 168 valence electrons. The fourth-order valence-corrected chi connectivity index (χ4v) is 3.59. The monoisotopic (exact) mass is 433 g/mol. The van der Waals surface area contributed by atoms with Gasteiger partial charge >= 0.3 is 6.03 Å². The Kier molecular flexibility index (Phi) is 9.07. The molecule has 6 nitrogen and oxygen atoms in total. The van der Waals surface area contributed by atoms with Crippen molar-refractivity contribution >= 4 is 23.2 Å². The van der Waals surface area contributed by atoms with Crippen molar-refractivity contribution in [1.82, 2.24) is 15.7 Å². The van der Waals surface area contributed by atoms with Gasteiger partial charge in [-0.2, -0.15) is 0 Å². The summed E-state index contributed by atoms with van der Waals surface area (Å²) in [6, 6.07) is 23.4. The standard InChI is InChI=1S/C26H31N3O3/c1-2-3-15-24(18-29(20-30)32-19-21-10-5-4-6-11-21)28-26(31)27-17-23-14-9-13-22-12-7-8-16-25(22)23/h4-14,16,20,24H,2-3,15,17-19H2,1H3,(H2,27,28,31). The lowest BCUT2D eigenvalue weighted by atomic mass is 10.0. The Balaban J connectivity index is 1.55. The van der Waals surface area contributed by atoms with Crippen molar-refractivity contribution in [3.63, 3.8) is 0 Å². The second-order valence-electron chi connectivity index (χ2n) is 7.77. The van der Waals surface area contributed by atoms with Crippen molar-refractivity contribution in [2.24, 2.45) is 0 Å². The summed E-state index contributed by atoms with van der Waals surface area (Å²) in [5.41, 5.74) is 2.04. The zero-order valence-corrected chi connectivity index (χ0v) is 18.5. The van der Waals surface area contributed by atoms with Crippen LogP contribution in [-0.4, -0.2) is 30.1 Å². The molecular weight excluding hydrogens is 402 g/mol. The first-order valence-electron chi connectivity index (χ1n) is 11.1. The zero-order valence-electron chi connectivity index (χ0n) is 18.5. The Bertz CT molecular complexity index is 989. The molecule has 0 heterocycles. The summed E-state index contributed by atoms with van der Waals surface area (Å²) >= 11 is 0. The van der Waals surface area contributed by atoms with Gasteiger partial charge in [-0.25, -0.2) is 9.86 Å². The van der Waals surface area contributed by atoms with Gasteiger partial charge in [0.2, 0.25) is 6.41 Å². The SMILES string of the molecule is CCCCC(CN(C=O)OCc1ccccc1)NC(=O)NCc1cccc2ccccc12. The van der Waals surface area contributed by atoms with Gasteiger partial charge in [-0.1, -0.05) is 92.6 Å². The van der Waals surface area contributed by atoms with E-state index in [0.717, 1.165) is 41.2 Å². The maximum Gasteiger partial charge on any atom is 0.315 e. The van der Waals surface area contributed by atoms with E-state index < -0.39 is 0 Å². The Morgan fingerprint density at radius 1 is 1.03 bits per heavy atom. The molecule has 0 bridgehead atoms. The average Bonchev–Trinajstić information content (AvgIpc) is 2.84. The maximum atomic E-state index is 12.6. The van der Waals surface area contributed by atoms with Gasteiger partial charge in [-0.05, 0) is 28.3 Å². The fraction of sp³-hybridized carbons (Fsp3) is 0.308. The first-order valence-corrected chi connectivity index (χ1v) is 11.1. The van der Waals surface area contributed by atoms with Gasteiger partial charge in [0.25, 0.3) is 0 Å². The smallest absolute Gasteiger partial charge is 0.315 e. The molecule has 0 aromatic heterocycles. The number of carbonyl (C=O) groups is 2. The Hall–Kier alpha value is -3.38. The van der Waals surface area contributed by atoms with Crippen LogP contribution in [-0.2, 0) is 22.8 Å². The summed E-state index contributed by atoms with van der Waals surface area (Å²) in [6.07, 6.45) is 3.37. The number of carbonyl (C=O) groups excluding carboxylic acids is 2. The predicted octanol–water partition coefficient (Wildman–Crippen LogP) is 4.79. The number of rotatable bonds is 12. The molecule has 3 amide bonds. The molecule has 3 aromatic rings. The van der Waals surface area contributed by atoms with Crippen molar-refractivity contribution in [3.8, 4) is 0 Å². The van der Waals surface area contributed by atoms with Crippen molar-refractivity contribution in [3.05, 3.63) is 83.9 Å². The molecule has 1 atom stereocenters. The van der Waals surface area contributed by atoms with E-state index in [2.05, 4.69) is 35.8 Å². The Morgan fingerprint density at radius 3 is 2.56 bits per heavy atom. The van der Waals surface area contributed by atoms with E-state index in [9.17, 15) is 9.59 Å². The minimum Gasteiger partial charge on any atom is -0.334 e. The first kappa shape index (κ1) is 23.3. The van der Waals surface area contributed by atoms with Crippen LogP contribution in [0.15, 0.2) is 72.8 Å². The molecule has 0 aliphatic carbocycles. The van der Waals surface area contributed by atoms with Crippen LogP contribution in [0.2, 0.25) is 0 Å². The minimum absolute atomic E-state index is 0.205. The summed E-state index contributed by atoms with van der Waals surface area (Å²) < 4.78 is 0. The molecule has 32 heavy (non-hydrogen) atoms. The van der Waals surface area contributed by atoms with E-state index >= 15 is 0 Å². The average molecular weight is 434 g/mol. The van der Waals surface area contributed by atoms with E-state index in [4.69, 9.17) is 4.84 Å². The van der Waals surface area contributed by atoms with Gasteiger partial charge in [0.05, 0.1) is 12.6 Å². The number of fused-ring (bicyclic) bond motifs is 1. The van der Waals surface area contributed by atoms with Gasteiger partial charge in [-0.15, -0.1) is 0 Å². The van der Waals surface area contributed by atoms with E-state index in [1.165, 1.54) is 5.06 Å². The van der Waals surface area contributed by atoms with Crippen molar-refractivity contribution in [1.29, 1.82) is 0 Å². The van der Waals surface area contributed by atoms with Crippen LogP contribution in [0, 0.1) is 0 Å². The summed E-state index contributed by atoms with van der Waals surface area (Å²) in [6.45, 7) is 3.11. The third-order valence-electron chi connectivity index (χ3n) is 5.32. The van der Waals surface area contributed by atoms with Crippen molar-refractivity contribution in [2.75, 3.05) is 6.54 Å². The van der Waals surface area contributed by atoms with Gasteiger partial charge in [0.15, 0.2) is 0 Å². The molecule has 0 fully saturated rings. The molecular formula is C26H31N3O3. The Labute approximate surface area is 189 Å². The lowest BCUT2D eigenvalue weighted by Gasteiger charge is -2.25. The van der Waals surface area contributed by atoms with Crippen LogP contribution in [0.3, 0.4) is 0 Å². The minimum atomic E-state index is -0.257. The normalized spacial score (nSPS) is 11.7.